The molecule has 0 aromatic heterocycles. The SMILES string of the molecule is COc1c(C)cc(N(C)C2CNC2)c(C)c1C. The second-order valence-electron chi connectivity index (χ2n) is 4.92. The smallest absolute Gasteiger partial charge is 0.125 e. The van der Waals surface area contributed by atoms with Gasteiger partial charge in [0.2, 0.25) is 0 Å². The molecule has 0 atom stereocenters. The summed E-state index contributed by atoms with van der Waals surface area (Å²) in [6.07, 6.45) is 0. The molecule has 0 radical (unpaired) electrons. The van der Waals surface area contributed by atoms with Gasteiger partial charge in [0.1, 0.15) is 5.75 Å². The van der Waals surface area contributed by atoms with Gasteiger partial charge in [-0.1, -0.05) is 0 Å². The van der Waals surface area contributed by atoms with E-state index in [0.717, 1.165) is 18.8 Å². The van der Waals surface area contributed by atoms with Crippen molar-refractivity contribution in [3.05, 3.63) is 22.8 Å². The first kappa shape index (κ1) is 12.2. The average Bonchev–Trinajstić information content (AvgIpc) is 2.21. The van der Waals surface area contributed by atoms with Crippen LogP contribution in [0, 0.1) is 20.8 Å². The van der Waals surface area contributed by atoms with E-state index in [1.165, 1.54) is 22.4 Å². The van der Waals surface area contributed by atoms with E-state index < -0.39 is 0 Å². The minimum absolute atomic E-state index is 0.626. The van der Waals surface area contributed by atoms with Gasteiger partial charge in [-0.2, -0.15) is 0 Å². The van der Waals surface area contributed by atoms with E-state index in [9.17, 15) is 0 Å². The highest BCUT2D eigenvalue weighted by atomic mass is 16.5. The maximum Gasteiger partial charge on any atom is 0.125 e. The van der Waals surface area contributed by atoms with Gasteiger partial charge in [0.25, 0.3) is 0 Å². The Bertz CT molecular complexity index is 425. The van der Waals surface area contributed by atoms with E-state index >= 15 is 0 Å². The van der Waals surface area contributed by atoms with Crippen LogP contribution >= 0.6 is 0 Å². The topological polar surface area (TPSA) is 24.5 Å². The zero-order valence-electron chi connectivity index (χ0n) is 11.4. The zero-order valence-corrected chi connectivity index (χ0v) is 11.4. The highest BCUT2D eigenvalue weighted by Crippen LogP contribution is 2.33. The van der Waals surface area contributed by atoms with Crippen molar-refractivity contribution in [3.63, 3.8) is 0 Å². The summed E-state index contributed by atoms with van der Waals surface area (Å²) in [6, 6.07) is 2.86. The molecule has 1 heterocycles. The molecule has 0 spiro atoms. The molecule has 2 rings (SSSR count). The maximum atomic E-state index is 5.46. The van der Waals surface area contributed by atoms with Gasteiger partial charge in [-0.05, 0) is 43.5 Å². The van der Waals surface area contributed by atoms with Crippen LogP contribution in [0.5, 0.6) is 5.75 Å². The van der Waals surface area contributed by atoms with E-state index in [4.69, 9.17) is 4.74 Å². The largest absolute Gasteiger partial charge is 0.496 e. The van der Waals surface area contributed by atoms with Gasteiger partial charge < -0.3 is 15.0 Å². The van der Waals surface area contributed by atoms with Gasteiger partial charge in [0.15, 0.2) is 0 Å². The molecule has 0 aliphatic carbocycles. The lowest BCUT2D eigenvalue weighted by molar-refractivity contribution is 0.407. The van der Waals surface area contributed by atoms with Crippen LogP contribution in [0.15, 0.2) is 6.07 Å². The molecule has 0 amide bonds. The summed E-state index contributed by atoms with van der Waals surface area (Å²) in [5, 5.41) is 3.32. The van der Waals surface area contributed by atoms with Crippen LogP contribution in [-0.2, 0) is 0 Å². The summed E-state index contributed by atoms with van der Waals surface area (Å²) in [7, 11) is 3.92. The number of aryl methyl sites for hydroxylation is 1. The van der Waals surface area contributed by atoms with Gasteiger partial charge in [-0.15, -0.1) is 0 Å². The molecule has 0 saturated carbocycles. The highest BCUT2D eigenvalue weighted by Gasteiger charge is 2.24. The lowest BCUT2D eigenvalue weighted by Gasteiger charge is -2.38. The molecule has 1 aromatic carbocycles. The molecule has 0 unspecified atom stereocenters. The molecular weight excluding hydrogens is 212 g/mol. The Kier molecular flexibility index (Phi) is 3.29. The standard InChI is InChI=1S/C14H22N2O/c1-9-6-13(16(4)12-7-15-8-12)10(2)11(3)14(9)17-5/h6,12,15H,7-8H2,1-5H3. The molecule has 1 aromatic rings. The van der Waals surface area contributed by atoms with E-state index in [-0.39, 0.29) is 0 Å². The van der Waals surface area contributed by atoms with Crippen molar-refractivity contribution >= 4 is 5.69 Å². The van der Waals surface area contributed by atoms with Crippen molar-refractivity contribution in [2.75, 3.05) is 32.1 Å². The van der Waals surface area contributed by atoms with Crippen molar-refractivity contribution in [1.82, 2.24) is 5.32 Å². The second-order valence-corrected chi connectivity index (χ2v) is 4.92. The predicted octanol–water partition coefficient (Wildman–Crippen LogP) is 2.03. The normalized spacial score (nSPS) is 15.6. The molecule has 3 heteroatoms. The fraction of sp³-hybridized carbons (Fsp3) is 0.571. The molecule has 1 aliphatic rings. The summed E-state index contributed by atoms with van der Waals surface area (Å²) >= 11 is 0. The van der Waals surface area contributed by atoms with E-state index in [2.05, 4.69) is 44.1 Å². The maximum absolute atomic E-state index is 5.46. The van der Waals surface area contributed by atoms with Crippen LogP contribution in [0.3, 0.4) is 0 Å². The zero-order chi connectivity index (χ0) is 12.6. The minimum Gasteiger partial charge on any atom is -0.496 e. The monoisotopic (exact) mass is 234 g/mol. The number of ether oxygens (including phenoxy) is 1. The Morgan fingerprint density at radius 3 is 2.35 bits per heavy atom. The number of hydrogen-bond acceptors (Lipinski definition) is 3. The van der Waals surface area contributed by atoms with Crippen molar-refractivity contribution in [1.29, 1.82) is 0 Å². The summed E-state index contributed by atoms with van der Waals surface area (Å²) in [5.74, 6) is 1.02. The minimum atomic E-state index is 0.626. The van der Waals surface area contributed by atoms with Crippen LogP contribution in [0.4, 0.5) is 5.69 Å². The Labute approximate surface area is 104 Å². The van der Waals surface area contributed by atoms with Crippen molar-refractivity contribution in [3.8, 4) is 5.75 Å². The molecule has 1 fully saturated rings. The number of methoxy groups -OCH3 is 1. The fourth-order valence-corrected chi connectivity index (χ4v) is 2.46. The number of nitrogens with zero attached hydrogens (tertiary/aromatic N) is 1. The molecule has 94 valence electrons. The first-order valence-electron chi connectivity index (χ1n) is 6.14. The third-order valence-electron chi connectivity index (χ3n) is 3.89. The summed E-state index contributed by atoms with van der Waals surface area (Å²) in [5.41, 5.74) is 5.11. The van der Waals surface area contributed by atoms with Crippen LogP contribution in [0.1, 0.15) is 16.7 Å². The molecule has 1 saturated heterocycles. The molecule has 1 aliphatic heterocycles. The first-order valence-corrected chi connectivity index (χ1v) is 6.14. The third-order valence-corrected chi connectivity index (χ3v) is 3.89. The average molecular weight is 234 g/mol. The number of benzene rings is 1. The quantitative estimate of drug-likeness (QED) is 0.866. The van der Waals surface area contributed by atoms with Crippen molar-refractivity contribution in [2.45, 2.75) is 26.8 Å². The van der Waals surface area contributed by atoms with E-state index in [1.54, 1.807) is 7.11 Å². The molecule has 3 nitrogen and oxygen atoms in total. The van der Waals surface area contributed by atoms with Gasteiger partial charge in [-0.25, -0.2) is 0 Å². The Morgan fingerprint density at radius 2 is 1.88 bits per heavy atom. The van der Waals surface area contributed by atoms with Crippen molar-refractivity contribution in [2.24, 2.45) is 0 Å². The van der Waals surface area contributed by atoms with Crippen LogP contribution < -0.4 is 15.0 Å². The van der Waals surface area contributed by atoms with Gasteiger partial charge in [0, 0.05) is 25.8 Å². The van der Waals surface area contributed by atoms with Gasteiger partial charge >= 0.3 is 0 Å². The molecule has 17 heavy (non-hydrogen) atoms. The van der Waals surface area contributed by atoms with Crippen LogP contribution in [-0.4, -0.2) is 33.3 Å². The number of hydrogen-bond donors (Lipinski definition) is 1. The Balaban J connectivity index is 2.40. The summed E-state index contributed by atoms with van der Waals surface area (Å²) in [4.78, 5) is 2.38. The second kappa shape index (κ2) is 4.57. The van der Waals surface area contributed by atoms with Crippen LogP contribution in [0.25, 0.3) is 0 Å². The van der Waals surface area contributed by atoms with Crippen LogP contribution in [0.2, 0.25) is 0 Å². The first-order chi connectivity index (χ1) is 8.06. The van der Waals surface area contributed by atoms with Gasteiger partial charge in [0.05, 0.1) is 13.2 Å². The molecule has 0 bridgehead atoms. The fourth-order valence-electron chi connectivity index (χ4n) is 2.46. The summed E-state index contributed by atoms with van der Waals surface area (Å²) < 4.78 is 5.46. The number of rotatable bonds is 3. The molecule has 1 N–H and O–H groups in total. The van der Waals surface area contributed by atoms with E-state index in [0.29, 0.717) is 6.04 Å². The highest BCUT2D eigenvalue weighted by molar-refractivity contribution is 5.63. The number of likely N-dealkylation sites (N-methyl/N-ethyl adjacent to an activating group) is 1. The van der Waals surface area contributed by atoms with E-state index in [1.807, 2.05) is 0 Å². The predicted molar refractivity (Wildman–Crippen MR) is 72.3 cm³/mol. The Hall–Kier alpha value is -1.22. The number of nitrogens with one attached hydrogen (secondary N) is 1. The van der Waals surface area contributed by atoms with Crippen molar-refractivity contribution < 1.29 is 4.74 Å². The summed E-state index contributed by atoms with van der Waals surface area (Å²) in [6.45, 7) is 8.59. The lowest BCUT2D eigenvalue weighted by Crippen LogP contribution is -2.56. The third kappa shape index (κ3) is 2.00. The Morgan fingerprint density at radius 1 is 1.24 bits per heavy atom. The lowest BCUT2D eigenvalue weighted by atomic mass is 10.00. The molecular formula is C14H22N2O. The number of anilines is 1. The van der Waals surface area contributed by atoms with Gasteiger partial charge in [-0.3, -0.25) is 0 Å².